The van der Waals surface area contributed by atoms with Gasteiger partial charge in [0, 0.05) is 11.3 Å². The van der Waals surface area contributed by atoms with E-state index in [9.17, 15) is 4.79 Å². The SMILES string of the molecule is CC.O=C1Cc2ccccc2-c2ccccc2N1. The molecule has 2 aromatic rings. The molecule has 1 aliphatic heterocycles. The molecule has 1 heterocycles. The molecular formula is C16H17NO. The highest BCUT2D eigenvalue weighted by Crippen LogP contribution is 2.33. The van der Waals surface area contributed by atoms with Gasteiger partial charge in [0.25, 0.3) is 0 Å². The second-order valence-electron chi connectivity index (χ2n) is 3.93. The van der Waals surface area contributed by atoms with E-state index in [1.165, 1.54) is 0 Å². The molecule has 0 radical (unpaired) electrons. The molecule has 2 heteroatoms. The van der Waals surface area contributed by atoms with Crippen LogP contribution in [-0.2, 0) is 11.2 Å². The summed E-state index contributed by atoms with van der Waals surface area (Å²) in [5.74, 6) is 0.0531. The van der Waals surface area contributed by atoms with E-state index in [-0.39, 0.29) is 5.91 Å². The summed E-state index contributed by atoms with van der Waals surface area (Å²) in [4.78, 5) is 11.7. The van der Waals surface area contributed by atoms with Crippen LogP contribution in [0.2, 0.25) is 0 Å². The lowest BCUT2D eigenvalue weighted by Gasteiger charge is -2.07. The maximum Gasteiger partial charge on any atom is 0.228 e. The Balaban J connectivity index is 0.000000574. The van der Waals surface area contributed by atoms with Gasteiger partial charge in [-0.1, -0.05) is 56.3 Å². The van der Waals surface area contributed by atoms with Crippen molar-refractivity contribution in [3.05, 3.63) is 54.1 Å². The average Bonchev–Trinajstić information content (AvgIpc) is 2.56. The van der Waals surface area contributed by atoms with E-state index < -0.39 is 0 Å². The molecule has 0 saturated heterocycles. The van der Waals surface area contributed by atoms with E-state index in [4.69, 9.17) is 0 Å². The van der Waals surface area contributed by atoms with Crippen molar-refractivity contribution in [2.75, 3.05) is 5.32 Å². The fraction of sp³-hybridized carbons (Fsp3) is 0.188. The highest BCUT2D eigenvalue weighted by Gasteiger charge is 2.16. The molecule has 1 amide bonds. The Morgan fingerprint density at radius 2 is 1.50 bits per heavy atom. The summed E-state index contributed by atoms with van der Waals surface area (Å²) in [7, 11) is 0. The first-order valence-electron chi connectivity index (χ1n) is 6.32. The van der Waals surface area contributed by atoms with E-state index in [0.29, 0.717) is 6.42 Å². The highest BCUT2D eigenvalue weighted by molar-refractivity contribution is 6.00. The number of nitrogens with one attached hydrogen (secondary N) is 1. The van der Waals surface area contributed by atoms with Crippen LogP contribution in [0.15, 0.2) is 48.5 Å². The van der Waals surface area contributed by atoms with Gasteiger partial charge in [-0.05, 0) is 17.2 Å². The van der Waals surface area contributed by atoms with Crippen LogP contribution >= 0.6 is 0 Å². The van der Waals surface area contributed by atoms with Gasteiger partial charge in [-0.15, -0.1) is 0 Å². The molecule has 2 aromatic carbocycles. The lowest BCUT2D eigenvalue weighted by molar-refractivity contribution is -0.115. The van der Waals surface area contributed by atoms with Gasteiger partial charge in [0.2, 0.25) is 5.91 Å². The van der Waals surface area contributed by atoms with Crippen molar-refractivity contribution in [1.82, 2.24) is 0 Å². The zero-order valence-electron chi connectivity index (χ0n) is 10.7. The molecule has 0 unspecified atom stereocenters. The zero-order valence-corrected chi connectivity index (χ0v) is 10.7. The molecule has 3 rings (SSSR count). The van der Waals surface area contributed by atoms with E-state index >= 15 is 0 Å². The maximum atomic E-state index is 11.7. The maximum absolute atomic E-state index is 11.7. The monoisotopic (exact) mass is 239 g/mol. The highest BCUT2D eigenvalue weighted by atomic mass is 16.1. The fourth-order valence-electron chi connectivity index (χ4n) is 2.13. The zero-order chi connectivity index (χ0) is 13.0. The Bertz CT molecular complexity index is 511. The van der Waals surface area contributed by atoms with Crippen LogP contribution < -0.4 is 5.32 Å². The van der Waals surface area contributed by atoms with E-state index in [0.717, 1.165) is 22.4 Å². The van der Waals surface area contributed by atoms with Crippen LogP contribution in [0.1, 0.15) is 19.4 Å². The summed E-state index contributed by atoms with van der Waals surface area (Å²) < 4.78 is 0. The molecule has 1 aliphatic rings. The first-order valence-corrected chi connectivity index (χ1v) is 6.32. The fourth-order valence-corrected chi connectivity index (χ4v) is 2.13. The molecule has 0 aliphatic carbocycles. The second-order valence-corrected chi connectivity index (χ2v) is 3.93. The third-order valence-corrected chi connectivity index (χ3v) is 2.86. The number of hydrogen-bond acceptors (Lipinski definition) is 1. The van der Waals surface area contributed by atoms with Crippen molar-refractivity contribution in [2.24, 2.45) is 0 Å². The van der Waals surface area contributed by atoms with Gasteiger partial charge < -0.3 is 5.32 Å². The molecule has 18 heavy (non-hydrogen) atoms. The van der Waals surface area contributed by atoms with Crippen molar-refractivity contribution in [3.63, 3.8) is 0 Å². The number of carbonyl (C=O) groups excluding carboxylic acids is 1. The molecule has 92 valence electrons. The van der Waals surface area contributed by atoms with Gasteiger partial charge in [-0.3, -0.25) is 4.79 Å². The molecular weight excluding hydrogens is 222 g/mol. The minimum absolute atomic E-state index is 0.0531. The van der Waals surface area contributed by atoms with E-state index in [1.807, 2.05) is 56.3 Å². The molecule has 0 fully saturated rings. The molecule has 0 bridgehead atoms. The number of benzene rings is 2. The Morgan fingerprint density at radius 3 is 2.28 bits per heavy atom. The van der Waals surface area contributed by atoms with Crippen molar-refractivity contribution in [3.8, 4) is 11.1 Å². The summed E-state index contributed by atoms with van der Waals surface area (Å²) in [6, 6.07) is 16.0. The van der Waals surface area contributed by atoms with Gasteiger partial charge >= 0.3 is 0 Å². The van der Waals surface area contributed by atoms with Gasteiger partial charge in [-0.25, -0.2) is 0 Å². The lowest BCUT2D eigenvalue weighted by Crippen LogP contribution is -2.12. The van der Waals surface area contributed by atoms with Crippen LogP contribution in [0, 0.1) is 0 Å². The molecule has 1 N–H and O–H groups in total. The number of para-hydroxylation sites is 1. The standard InChI is InChI=1S/C14H11NO.C2H6/c16-14-9-10-5-1-2-6-11(10)12-7-3-4-8-13(12)15-14;1-2/h1-8H,9H2,(H,15,16);1-2H3. The summed E-state index contributed by atoms with van der Waals surface area (Å²) in [6.07, 6.45) is 0.449. The van der Waals surface area contributed by atoms with Gasteiger partial charge in [0.05, 0.1) is 6.42 Å². The predicted octanol–water partition coefficient (Wildman–Crippen LogP) is 3.87. The first-order chi connectivity index (χ1) is 8.84. The first kappa shape index (κ1) is 12.4. The van der Waals surface area contributed by atoms with Crippen LogP contribution in [0.5, 0.6) is 0 Å². The van der Waals surface area contributed by atoms with Crippen molar-refractivity contribution >= 4 is 11.6 Å². The number of anilines is 1. The summed E-state index contributed by atoms with van der Waals surface area (Å²) in [5.41, 5.74) is 4.24. The number of carbonyl (C=O) groups is 1. The summed E-state index contributed by atoms with van der Waals surface area (Å²) in [5, 5.41) is 2.93. The van der Waals surface area contributed by atoms with Gasteiger partial charge in [-0.2, -0.15) is 0 Å². The normalized spacial score (nSPS) is 12.2. The van der Waals surface area contributed by atoms with Crippen molar-refractivity contribution < 1.29 is 4.79 Å². The second kappa shape index (κ2) is 5.50. The minimum atomic E-state index is 0.0531. The van der Waals surface area contributed by atoms with Crippen LogP contribution in [-0.4, -0.2) is 5.91 Å². The molecule has 0 saturated carbocycles. The van der Waals surface area contributed by atoms with E-state index in [1.54, 1.807) is 0 Å². The topological polar surface area (TPSA) is 29.1 Å². The molecule has 0 aromatic heterocycles. The van der Waals surface area contributed by atoms with Gasteiger partial charge in [0.1, 0.15) is 0 Å². The van der Waals surface area contributed by atoms with Gasteiger partial charge in [0.15, 0.2) is 0 Å². The number of hydrogen-bond donors (Lipinski definition) is 1. The Labute approximate surface area is 108 Å². The largest absolute Gasteiger partial charge is 0.325 e. The third-order valence-electron chi connectivity index (χ3n) is 2.86. The Hall–Kier alpha value is -2.09. The quantitative estimate of drug-likeness (QED) is 0.742. The summed E-state index contributed by atoms with van der Waals surface area (Å²) >= 11 is 0. The molecule has 2 nitrogen and oxygen atoms in total. The molecule has 0 spiro atoms. The smallest absolute Gasteiger partial charge is 0.228 e. The number of rotatable bonds is 0. The van der Waals surface area contributed by atoms with Crippen LogP contribution in [0.3, 0.4) is 0 Å². The number of amides is 1. The number of fused-ring (bicyclic) bond motifs is 3. The third kappa shape index (κ3) is 2.28. The summed E-state index contributed by atoms with van der Waals surface area (Å²) in [6.45, 7) is 4.00. The Morgan fingerprint density at radius 1 is 0.889 bits per heavy atom. The lowest BCUT2D eigenvalue weighted by atomic mass is 9.98. The van der Waals surface area contributed by atoms with Crippen LogP contribution in [0.25, 0.3) is 11.1 Å². The molecule has 0 atom stereocenters. The van der Waals surface area contributed by atoms with Crippen LogP contribution in [0.4, 0.5) is 5.69 Å². The predicted molar refractivity (Wildman–Crippen MR) is 75.6 cm³/mol. The van der Waals surface area contributed by atoms with Crippen molar-refractivity contribution in [1.29, 1.82) is 0 Å². The average molecular weight is 239 g/mol. The van der Waals surface area contributed by atoms with E-state index in [2.05, 4.69) is 11.4 Å². The minimum Gasteiger partial charge on any atom is -0.325 e. The Kier molecular flexibility index (Phi) is 3.78. The van der Waals surface area contributed by atoms with Crippen molar-refractivity contribution in [2.45, 2.75) is 20.3 Å².